The van der Waals surface area contributed by atoms with Crippen LogP contribution >= 0.6 is 0 Å². The number of anilines is 1. The fraction of sp³-hybridized carbons (Fsp3) is 0.0500. The van der Waals surface area contributed by atoms with Gasteiger partial charge in [-0.05, 0) is 31.2 Å². The molecule has 4 rings (SSSR count). The Morgan fingerprint density at radius 2 is 1.63 bits per heavy atom. The first-order chi connectivity index (χ1) is 13.1. The van der Waals surface area contributed by atoms with Gasteiger partial charge in [-0.2, -0.15) is 0 Å². The zero-order valence-electron chi connectivity index (χ0n) is 14.3. The molecule has 0 unspecified atom stereocenters. The predicted octanol–water partition coefficient (Wildman–Crippen LogP) is 4.70. The van der Waals surface area contributed by atoms with Crippen molar-refractivity contribution >= 4 is 11.8 Å². The summed E-state index contributed by atoms with van der Waals surface area (Å²) in [6.45, 7) is 1.99. The number of benzene rings is 2. The van der Waals surface area contributed by atoms with E-state index >= 15 is 0 Å². The number of aryl methyl sites for hydroxylation is 1. The summed E-state index contributed by atoms with van der Waals surface area (Å²) in [4.78, 5) is 12.3. The van der Waals surface area contributed by atoms with Crippen LogP contribution in [-0.2, 0) is 0 Å². The number of aromatic nitrogens is 2. The Hall–Kier alpha value is -3.74. The number of rotatable bonds is 4. The summed E-state index contributed by atoms with van der Waals surface area (Å²) in [6, 6.07) is 16.6. The SMILES string of the molecule is Cc1ccc(-c2cc(C(=O)Nc3cc(-c4ccc(F)cc4)no3)no2)cc1. The molecule has 134 valence electrons. The lowest BCUT2D eigenvalue weighted by molar-refractivity contribution is 0.101. The maximum atomic E-state index is 13.0. The maximum Gasteiger partial charge on any atom is 0.280 e. The second kappa shape index (κ2) is 6.87. The molecule has 4 aromatic rings. The second-order valence-electron chi connectivity index (χ2n) is 5.98. The second-order valence-corrected chi connectivity index (χ2v) is 5.98. The summed E-state index contributed by atoms with van der Waals surface area (Å²) < 4.78 is 23.3. The zero-order chi connectivity index (χ0) is 18.8. The monoisotopic (exact) mass is 363 g/mol. The smallest absolute Gasteiger partial charge is 0.280 e. The average molecular weight is 363 g/mol. The molecule has 0 aliphatic carbocycles. The Labute approximate surface area is 153 Å². The molecule has 0 saturated heterocycles. The van der Waals surface area contributed by atoms with Gasteiger partial charge < -0.3 is 9.05 Å². The molecule has 0 radical (unpaired) electrons. The number of nitrogens with one attached hydrogen (secondary N) is 1. The quantitative estimate of drug-likeness (QED) is 0.568. The van der Waals surface area contributed by atoms with Crippen LogP contribution in [0.15, 0.2) is 69.7 Å². The standard InChI is InChI=1S/C20H14FN3O3/c1-12-2-4-14(5-3-12)18-10-17(24-26-18)20(25)22-19-11-16(23-27-19)13-6-8-15(21)9-7-13/h2-11H,1H3,(H,22,25). The first-order valence-electron chi connectivity index (χ1n) is 8.16. The van der Waals surface area contributed by atoms with E-state index in [1.54, 1.807) is 24.3 Å². The molecule has 0 bridgehead atoms. The Balaban J connectivity index is 1.48. The summed E-state index contributed by atoms with van der Waals surface area (Å²) in [5.41, 5.74) is 3.21. The van der Waals surface area contributed by atoms with E-state index in [0.717, 1.165) is 11.1 Å². The Kier molecular flexibility index (Phi) is 4.25. The third-order valence-corrected chi connectivity index (χ3v) is 3.97. The van der Waals surface area contributed by atoms with Crippen LogP contribution in [0, 0.1) is 12.7 Å². The number of hydrogen-bond donors (Lipinski definition) is 1. The number of nitrogens with zero attached hydrogens (tertiary/aromatic N) is 2. The lowest BCUT2D eigenvalue weighted by Crippen LogP contribution is -2.11. The summed E-state index contributed by atoms with van der Waals surface area (Å²) in [6.07, 6.45) is 0. The van der Waals surface area contributed by atoms with Gasteiger partial charge in [-0.25, -0.2) is 4.39 Å². The van der Waals surface area contributed by atoms with Crippen LogP contribution in [0.1, 0.15) is 16.1 Å². The van der Waals surface area contributed by atoms with Crippen LogP contribution in [0.2, 0.25) is 0 Å². The van der Waals surface area contributed by atoms with Gasteiger partial charge >= 0.3 is 0 Å². The molecular weight excluding hydrogens is 349 g/mol. The van der Waals surface area contributed by atoms with Gasteiger partial charge in [0.1, 0.15) is 11.5 Å². The number of amides is 1. The molecule has 6 nitrogen and oxygen atoms in total. The topological polar surface area (TPSA) is 81.2 Å². The van der Waals surface area contributed by atoms with E-state index in [0.29, 0.717) is 17.0 Å². The number of carbonyl (C=O) groups is 1. The maximum absolute atomic E-state index is 13.0. The fourth-order valence-corrected chi connectivity index (χ4v) is 2.50. The van der Waals surface area contributed by atoms with Gasteiger partial charge in [-0.3, -0.25) is 10.1 Å². The van der Waals surface area contributed by atoms with Gasteiger partial charge in [0.05, 0.1) is 0 Å². The van der Waals surface area contributed by atoms with Crippen LogP contribution in [0.5, 0.6) is 0 Å². The van der Waals surface area contributed by atoms with Crippen LogP contribution in [0.25, 0.3) is 22.6 Å². The Bertz CT molecular complexity index is 1080. The highest BCUT2D eigenvalue weighted by molar-refractivity contribution is 6.02. The molecular formula is C20H14FN3O3. The molecule has 2 aromatic carbocycles. The van der Waals surface area contributed by atoms with Crippen molar-refractivity contribution in [2.75, 3.05) is 5.32 Å². The van der Waals surface area contributed by atoms with Crippen LogP contribution in [-0.4, -0.2) is 16.2 Å². The minimum atomic E-state index is -0.487. The van der Waals surface area contributed by atoms with Crippen LogP contribution in [0.4, 0.5) is 10.3 Å². The molecule has 1 amide bonds. The van der Waals surface area contributed by atoms with E-state index in [2.05, 4.69) is 15.6 Å². The van der Waals surface area contributed by atoms with Gasteiger partial charge in [0.2, 0.25) is 5.88 Å². The molecule has 1 N–H and O–H groups in total. The van der Waals surface area contributed by atoms with Crippen molar-refractivity contribution in [1.82, 2.24) is 10.3 Å². The van der Waals surface area contributed by atoms with Gasteiger partial charge in [-0.15, -0.1) is 0 Å². The Morgan fingerprint density at radius 1 is 0.926 bits per heavy atom. The predicted molar refractivity (Wildman–Crippen MR) is 96.5 cm³/mol. The molecule has 0 fully saturated rings. The number of hydrogen-bond acceptors (Lipinski definition) is 5. The van der Waals surface area contributed by atoms with Gasteiger partial charge in [0, 0.05) is 23.3 Å². The largest absolute Gasteiger partial charge is 0.355 e. The average Bonchev–Trinajstić information content (AvgIpc) is 3.33. The van der Waals surface area contributed by atoms with Gasteiger partial charge in [0.15, 0.2) is 11.5 Å². The molecule has 0 saturated carbocycles. The third-order valence-electron chi connectivity index (χ3n) is 3.97. The van der Waals surface area contributed by atoms with E-state index in [4.69, 9.17) is 9.05 Å². The molecule has 7 heteroatoms. The highest BCUT2D eigenvalue weighted by Crippen LogP contribution is 2.24. The van der Waals surface area contributed by atoms with Gasteiger partial charge in [0.25, 0.3) is 5.91 Å². The lowest BCUT2D eigenvalue weighted by atomic mass is 10.1. The fourth-order valence-electron chi connectivity index (χ4n) is 2.50. The molecule has 0 atom stereocenters. The van der Waals surface area contributed by atoms with Crippen molar-refractivity contribution in [2.45, 2.75) is 6.92 Å². The van der Waals surface area contributed by atoms with E-state index in [1.165, 1.54) is 12.1 Å². The minimum absolute atomic E-state index is 0.116. The molecule has 0 aliphatic rings. The van der Waals surface area contributed by atoms with Crippen molar-refractivity contribution in [3.63, 3.8) is 0 Å². The number of halogens is 1. The first-order valence-corrected chi connectivity index (χ1v) is 8.16. The van der Waals surface area contributed by atoms with E-state index in [-0.39, 0.29) is 17.4 Å². The normalized spacial score (nSPS) is 10.7. The summed E-state index contributed by atoms with van der Waals surface area (Å²) in [7, 11) is 0. The summed E-state index contributed by atoms with van der Waals surface area (Å²) >= 11 is 0. The van der Waals surface area contributed by atoms with Gasteiger partial charge in [-0.1, -0.05) is 40.1 Å². The minimum Gasteiger partial charge on any atom is -0.355 e. The highest BCUT2D eigenvalue weighted by atomic mass is 19.1. The lowest BCUT2D eigenvalue weighted by Gasteiger charge is -1.96. The zero-order valence-corrected chi connectivity index (χ0v) is 14.3. The van der Waals surface area contributed by atoms with E-state index in [9.17, 15) is 9.18 Å². The van der Waals surface area contributed by atoms with Crippen molar-refractivity contribution in [1.29, 1.82) is 0 Å². The first kappa shape index (κ1) is 16.7. The Morgan fingerprint density at radius 3 is 2.37 bits per heavy atom. The van der Waals surface area contributed by atoms with Crippen molar-refractivity contribution in [3.8, 4) is 22.6 Å². The van der Waals surface area contributed by atoms with E-state index < -0.39 is 5.91 Å². The van der Waals surface area contributed by atoms with Crippen LogP contribution < -0.4 is 5.32 Å². The molecule has 2 aromatic heterocycles. The molecule has 0 spiro atoms. The molecule has 0 aliphatic heterocycles. The molecule has 27 heavy (non-hydrogen) atoms. The van der Waals surface area contributed by atoms with Crippen molar-refractivity contribution in [2.24, 2.45) is 0 Å². The van der Waals surface area contributed by atoms with Crippen molar-refractivity contribution in [3.05, 3.63) is 77.7 Å². The molecule has 2 heterocycles. The van der Waals surface area contributed by atoms with E-state index in [1.807, 2.05) is 31.2 Å². The third kappa shape index (κ3) is 3.62. The highest BCUT2D eigenvalue weighted by Gasteiger charge is 2.16. The van der Waals surface area contributed by atoms with Crippen molar-refractivity contribution < 1.29 is 18.2 Å². The van der Waals surface area contributed by atoms with Crippen LogP contribution in [0.3, 0.4) is 0 Å². The summed E-state index contributed by atoms with van der Waals surface area (Å²) in [5, 5.41) is 10.2. The number of carbonyl (C=O) groups excluding carboxylic acids is 1. The summed E-state index contributed by atoms with van der Waals surface area (Å²) in [5.74, 6) is -0.186.